The molecule has 0 aliphatic heterocycles. The number of nitrogens with zero attached hydrogens (tertiary/aromatic N) is 4. The maximum atomic E-state index is 5.38. The summed E-state index contributed by atoms with van der Waals surface area (Å²) in [5.41, 5.74) is 15.3. The molecule has 0 radical (unpaired) electrons. The van der Waals surface area contributed by atoms with Crippen LogP contribution >= 0.6 is 11.3 Å². The SMILES string of the molecule is c1ccc(-c2ccc(-c3ccccc3)c(-c3ccc(-c4cccc5c4sc4ccc6c7ccccc7n(-c7ccccc7)c6c45)c(-c4nc(-c5ccccc5)nc(-c5ccccc5)n4)c3)c2)cc1. The van der Waals surface area contributed by atoms with Crippen LogP contribution in [0.25, 0.3) is 126 Å². The lowest BCUT2D eigenvalue weighted by Gasteiger charge is -2.17. The van der Waals surface area contributed by atoms with E-state index in [1.54, 1.807) is 0 Å². The number of fused-ring (bicyclic) bond motifs is 7. The third kappa shape index (κ3) is 6.79. The summed E-state index contributed by atoms with van der Waals surface area (Å²) in [5.74, 6) is 1.86. The van der Waals surface area contributed by atoms with Crippen molar-refractivity contribution in [3.05, 3.63) is 243 Å². The Labute approximate surface area is 397 Å². The van der Waals surface area contributed by atoms with Crippen LogP contribution in [0.5, 0.6) is 0 Å². The predicted molar refractivity (Wildman–Crippen MR) is 285 cm³/mol. The maximum absolute atomic E-state index is 5.38. The largest absolute Gasteiger partial charge is 0.309 e. The lowest BCUT2D eigenvalue weighted by molar-refractivity contribution is 1.07. The molecule has 68 heavy (non-hydrogen) atoms. The first kappa shape index (κ1) is 39.6. The van der Waals surface area contributed by atoms with Crippen molar-refractivity contribution in [1.29, 1.82) is 0 Å². The Morgan fingerprint density at radius 3 is 1.54 bits per heavy atom. The van der Waals surface area contributed by atoms with E-state index < -0.39 is 0 Å². The Hall–Kier alpha value is -8.77. The highest BCUT2D eigenvalue weighted by Crippen LogP contribution is 2.48. The molecule has 0 saturated carbocycles. The Kier molecular flexibility index (Phi) is 9.66. The zero-order valence-corrected chi connectivity index (χ0v) is 37.6. The van der Waals surface area contributed by atoms with Gasteiger partial charge in [-0.15, -0.1) is 11.3 Å². The molecule has 5 heteroatoms. The first-order valence-corrected chi connectivity index (χ1v) is 23.7. The van der Waals surface area contributed by atoms with E-state index in [0.29, 0.717) is 17.5 Å². The van der Waals surface area contributed by atoms with Gasteiger partial charge in [0.1, 0.15) is 0 Å². The molecule has 0 fully saturated rings. The molecule has 0 aliphatic rings. The number of hydrogen-bond acceptors (Lipinski definition) is 4. The van der Waals surface area contributed by atoms with E-state index >= 15 is 0 Å². The Bertz CT molecular complexity index is 3940. The van der Waals surface area contributed by atoms with Crippen molar-refractivity contribution < 1.29 is 0 Å². The Balaban J connectivity index is 1.10. The van der Waals surface area contributed by atoms with Gasteiger partial charge in [-0.05, 0) is 75.3 Å². The molecule has 10 aromatic carbocycles. The van der Waals surface area contributed by atoms with Crippen LogP contribution in [0.2, 0.25) is 0 Å². The third-order valence-electron chi connectivity index (χ3n) is 13.1. The predicted octanol–water partition coefficient (Wildman–Crippen LogP) is 17.0. The fourth-order valence-corrected chi connectivity index (χ4v) is 11.2. The molecule has 0 spiro atoms. The van der Waals surface area contributed by atoms with Crippen LogP contribution in [-0.4, -0.2) is 19.5 Å². The van der Waals surface area contributed by atoms with Gasteiger partial charge in [0, 0.05) is 58.9 Å². The van der Waals surface area contributed by atoms with Gasteiger partial charge >= 0.3 is 0 Å². The van der Waals surface area contributed by atoms with E-state index in [4.69, 9.17) is 15.0 Å². The molecular weight excluding hydrogens is 845 g/mol. The van der Waals surface area contributed by atoms with Crippen molar-refractivity contribution in [2.75, 3.05) is 0 Å². The highest BCUT2D eigenvalue weighted by molar-refractivity contribution is 7.26. The number of aromatic nitrogens is 4. The van der Waals surface area contributed by atoms with Crippen molar-refractivity contribution in [3.8, 4) is 84.4 Å². The minimum Gasteiger partial charge on any atom is -0.309 e. The van der Waals surface area contributed by atoms with Crippen molar-refractivity contribution in [1.82, 2.24) is 19.5 Å². The Morgan fingerprint density at radius 1 is 0.309 bits per heavy atom. The van der Waals surface area contributed by atoms with Gasteiger partial charge in [0.2, 0.25) is 0 Å². The second-order valence-electron chi connectivity index (χ2n) is 17.1. The fourth-order valence-electron chi connectivity index (χ4n) is 9.92. The molecule has 4 nitrogen and oxygen atoms in total. The molecule has 3 aromatic heterocycles. The summed E-state index contributed by atoms with van der Waals surface area (Å²) in [6.45, 7) is 0. The summed E-state index contributed by atoms with van der Waals surface area (Å²) in [4.78, 5) is 15.9. The van der Waals surface area contributed by atoms with Crippen LogP contribution in [0.15, 0.2) is 243 Å². The summed E-state index contributed by atoms with van der Waals surface area (Å²) >= 11 is 1.85. The summed E-state index contributed by atoms with van der Waals surface area (Å²) < 4.78 is 4.90. The highest BCUT2D eigenvalue weighted by atomic mass is 32.1. The molecule has 318 valence electrons. The van der Waals surface area contributed by atoms with Gasteiger partial charge in [-0.25, -0.2) is 15.0 Å². The molecule has 3 heterocycles. The van der Waals surface area contributed by atoms with E-state index in [2.05, 4.69) is 211 Å². The quantitative estimate of drug-likeness (QED) is 0.153. The summed E-state index contributed by atoms with van der Waals surface area (Å²) in [6.07, 6.45) is 0. The van der Waals surface area contributed by atoms with Gasteiger partial charge in [0.05, 0.1) is 11.0 Å². The molecule has 0 amide bonds. The van der Waals surface area contributed by atoms with Crippen LogP contribution in [-0.2, 0) is 0 Å². The van der Waals surface area contributed by atoms with Gasteiger partial charge in [-0.1, -0.05) is 206 Å². The lowest BCUT2D eigenvalue weighted by Crippen LogP contribution is -2.01. The monoisotopic (exact) mass is 884 g/mol. The van der Waals surface area contributed by atoms with Gasteiger partial charge in [-0.2, -0.15) is 0 Å². The number of rotatable bonds is 8. The van der Waals surface area contributed by atoms with Crippen LogP contribution in [0.1, 0.15) is 0 Å². The molecule has 13 aromatic rings. The zero-order valence-electron chi connectivity index (χ0n) is 36.8. The zero-order chi connectivity index (χ0) is 45.0. The molecule has 0 N–H and O–H groups in total. The minimum absolute atomic E-state index is 0.611. The summed E-state index contributed by atoms with van der Waals surface area (Å²) in [6, 6.07) is 86.4. The number of benzene rings is 10. The average molecular weight is 885 g/mol. The molecule has 13 rings (SSSR count). The first-order chi connectivity index (χ1) is 33.7. The van der Waals surface area contributed by atoms with E-state index in [1.807, 2.05) is 47.7 Å². The summed E-state index contributed by atoms with van der Waals surface area (Å²) in [7, 11) is 0. The normalized spacial score (nSPS) is 11.5. The second-order valence-corrected chi connectivity index (χ2v) is 18.2. The van der Waals surface area contributed by atoms with Crippen molar-refractivity contribution in [3.63, 3.8) is 0 Å². The minimum atomic E-state index is 0.611. The van der Waals surface area contributed by atoms with E-state index in [0.717, 1.165) is 61.3 Å². The molecule has 0 atom stereocenters. The molecule has 0 saturated heterocycles. The van der Waals surface area contributed by atoms with Crippen molar-refractivity contribution in [2.24, 2.45) is 0 Å². The van der Waals surface area contributed by atoms with E-state index in [-0.39, 0.29) is 0 Å². The fraction of sp³-hybridized carbons (Fsp3) is 0. The van der Waals surface area contributed by atoms with Gasteiger partial charge in [-0.3, -0.25) is 0 Å². The first-order valence-electron chi connectivity index (χ1n) is 22.9. The Morgan fingerprint density at radius 2 is 0.853 bits per heavy atom. The summed E-state index contributed by atoms with van der Waals surface area (Å²) in [5, 5.41) is 4.96. The maximum Gasteiger partial charge on any atom is 0.164 e. The number of thiophene rings is 1. The van der Waals surface area contributed by atoms with E-state index in [1.165, 1.54) is 47.5 Å². The molecule has 0 unspecified atom stereocenters. The molecule has 0 bridgehead atoms. The van der Waals surface area contributed by atoms with Gasteiger partial charge < -0.3 is 4.57 Å². The number of hydrogen-bond donors (Lipinski definition) is 0. The highest BCUT2D eigenvalue weighted by Gasteiger charge is 2.23. The lowest BCUT2D eigenvalue weighted by atomic mass is 9.88. The van der Waals surface area contributed by atoms with Crippen molar-refractivity contribution >= 4 is 53.3 Å². The van der Waals surface area contributed by atoms with Crippen molar-refractivity contribution in [2.45, 2.75) is 0 Å². The van der Waals surface area contributed by atoms with E-state index in [9.17, 15) is 0 Å². The standard InChI is InChI=1S/C63H40N4S/c1-6-19-41(20-7-1)45-33-35-48(42-21-8-2-9-22-42)54(39-45)46-34-36-49(55(40-46)63-65-61(43-23-10-3-11-24-43)64-62(66-63)44-25-12-4-13-26-44)52-30-18-31-53-58-57(68-60(52)53)38-37-51-50-29-16-17-32-56(50)67(59(51)58)47-27-14-5-15-28-47/h1-40H. The van der Waals surface area contributed by atoms with Gasteiger partial charge in [0.25, 0.3) is 0 Å². The van der Waals surface area contributed by atoms with Crippen LogP contribution in [0.4, 0.5) is 0 Å². The van der Waals surface area contributed by atoms with Crippen LogP contribution in [0, 0.1) is 0 Å². The number of para-hydroxylation sites is 2. The average Bonchev–Trinajstić information content (AvgIpc) is 3.98. The smallest absolute Gasteiger partial charge is 0.164 e. The second kappa shape index (κ2) is 16.6. The topological polar surface area (TPSA) is 43.6 Å². The van der Waals surface area contributed by atoms with Crippen LogP contribution < -0.4 is 0 Å². The van der Waals surface area contributed by atoms with Gasteiger partial charge in [0.15, 0.2) is 17.5 Å². The molecule has 0 aliphatic carbocycles. The molecular formula is C63H40N4S. The van der Waals surface area contributed by atoms with Crippen LogP contribution in [0.3, 0.4) is 0 Å². The third-order valence-corrected chi connectivity index (χ3v) is 14.3.